The number of piperidine rings is 1. The lowest BCUT2D eigenvalue weighted by atomic mass is 9.97. The second kappa shape index (κ2) is 10.3. The van der Waals surface area contributed by atoms with Crippen molar-refractivity contribution in [3.63, 3.8) is 0 Å². The summed E-state index contributed by atoms with van der Waals surface area (Å²) in [4.78, 5) is 35.6. The highest BCUT2D eigenvalue weighted by Gasteiger charge is 2.41. The molecule has 36 heavy (non-hydrogen) atoms. The third-order valence-electron chi connectivity index (χ3n) is 7.94. The number of hydrogen-bond acceptors (Lipinski definition) is 6. The summed E-state index contributed by atoms with van der Waals surface area (Å²) >= 11 is 0. The number of piperazine rings is 1. The first-order valence-electron chi connectivity index (χ1n) is 13.0. The summed E-state index contributed by atoms with van der Waals surface area (Å²) < 4.78 is 0. The van der Waals surface area contributed by atoms with E-state index >= 15 is 0 Å². The highest BCUT2D eigenvalue weighted by molar-refractivity contribution is 5.94. The Labute approximate surface area is 212 Å². The van der Waals surface area contributed by atoms with Crippen LogP contribution in [0.1, 0.15) is 54.6 Å². The Hall–Kier alpha value is -3.33. The molecule has 1 aromatic carbocycles. The van der Waals surface area contributed by atoms with Crippen LogP contribution < -0.4 is 20.4 Å². The van der Waals surface area contributed by atoms with E-state index < -0.39 is 6.09 Å². The van der Waals surface area contributed by atoms with E-state index in [-0.39, 0.29) is 30.1 Å². The number of carbonyl (C=O) groups excluding carboxylic acids is 1. The number of nitrogens with one attached hydrogen (secondary N) is 2. The number of pyridine rings is 1. The molecule has 3 fully saturated rings. The molecule has 2 bridgehead atoms. The number of benzene rings is 1. The predicted molar refractivity (Wildman–Crippen MR) is 140 cm³/mol. The molecule has 2 amide bonds. The van der Waals surface area contributed by atoms with Crippen molar-refractivity contribution in [2.45, 2.75) is 56.8 Å². The predicted octanol–water partition coefficient (Wildman–Crippen LogP) is 3.09. The minimum atomic E-state index is -0.957. The van der Waals surface area contributed by atoms with Crippen LogP contribution in [0.2, 0.25) is 0 Å². The quantitative estimate of drug-likeness (QED) is 0.570. The van der Waals surface area contributed by atoms with Crippen LogP contribution in [0.5, 0.6) is 0 Å². The molecule has 2 unspecified atom stereocenters. The van der Waals surface area contributed by atoms with Crippen LogP contribution in [0.3, 0.4) is 0 Å². The zero-order valence-electron chi connectivity index (χ0n) is 21.1. The first-order chi connectivity index (χ1) is 17.4. The van der Waals surface area contributed by atoms with Gasteiger partial charge in [-0.1, -0.05) is 12.1 Å². The first-order valence-corrected chi connectivity index (χ1v) is 13.0. The van der Waals surface area contributed by atoms with E-state index in [1.807, 2.05) is 19.1 Å². The number of rotatable bonds is 6. The number of hydrogen-bond donors (Lipinski definition) is 3. The molecule has 5 rings (SSSR count). The van der Waals surface area contributed by atoms with E-state index in [2.05, 4.69) is 61.6 Å². The summed E-state index contributed by atoms with van der Waals surface area (Å²) in [6.45, 7) is 6.20. The molecule has 192 valence electrons. The van der Waals surface area contributed by atoms with Crippen LogP contribution in [0.25, 0.3) is 0 Å². The number of carboxylic acid groups (broad SMARTS) is 1. The lowest BCUT2D eigenvalue weighted by Crippen LogP contribution is -2.50. The van der Waals surface area contributed by atoms with Gasteiger partial charge in [-0.2, -0.15) is 0 Å². The highest BCUT2D eigenvalue weighted by Crippen LogP contribution is 2.38. The maximum Gasteiger partial charge on any atom is 0.404 e. The first kappa shape index (κ1) is 24.4. The lowest BCUT2D eigenvalue weighted by molar-refractivity contribution is 0.0939. The molecule has 3 saturated heterocycles. The van der Waals surface area contributed by atoms with E-state index in [9.17, 15) is 9.59 Å². The van der Waals surface area contributed by atoms with E-state index in [0.29, 0.717) is 5.56 Å². The molecule has 0 aliphatic carbocycles. The average Bonchev–Trinajstić information content (AvgIpc) is 3.14. The molecule has 2 aromatic rings. The van der Waals surface area contributed by atoms with Crippen molar-refractivity contribution in [2.75, 3.05) is 43.0 Å². The van der Waals surface area contributed by atoms with Crippen molar-refractivity contribution >= 4 is 23.5 Å². The van der Waals surface area contributed by atoms with Gasteiger partial charge in [0.05, 0.1) is 11.6 Å². The Bertz CT molecular complexity index is 1050. The van der Waals surface area contributed by atoms with Crippen LogP contribution in [-0.2, 0) is 0 Å². The zero-order chi connectivity index (χ0) is 25.2. The maximum absolute atomic E-state index is 12.9. The van der Waals surface area contributed by atoms with Crippen molar-refractivity contribution in [3.8, 4) is 0 Å². The number of fused-ring (bicyclic) bond motifs is 2. The number of carbonyl (C=O) groups is 2. The Morgan fingerprint density at radius 3 is 2.25 bits per heavy atom. The minimum absolute atomic E-state index is 0.00147. The van der Waals surface area contributed by atoms with Gasteiger partial charge in [-0.3, -0.25) is 4.79 Å². The number of aromatic nitrogens is 1. The van der Waals surface area contributed by atoms with Crippen LogP contribution in [0.4, 0.5) is 16.3 Å². The second-order valence-corrected chi connectivity index (χ2v) is 10.4. The van der Waals surface area contributed by atoms with Crippen molar-refractivity contribution in [2.24, 2.45) is 0 Å². The van der Waals surface area contributed by atoms with Crippen LogP contribution in [-0.4, -0.2) is 78.3 Å². The minimum Gasteiger partial charge on any atom is -0.465 e. The van der Waals surface area contributed by atoms with E-state index in [0.717, 1.165) is 63.2 Å². The fraction of sp³-hybridized carbons (Fsp3) is 0.519. The molecule has 9 heteroatoms. The normalized spacial score (nSPS) is 24.9. The summed E-state index contributed by atoms with van der Waals surface area (Å²) in [5, 5.41) is 14.8. The molecule has 3 aliphatic rings. The van der Waals surface area contributed by atoms with Gasteiger partial charge >= 0.3 is 6.09 Å². The Balaban J connectivity index is 1.17. The summed E-state index contributed by atoms with van der Waals surface area (Å²) in [6.07, 6.45) is 4.35. The average molecular weight is 493 g/mol. The third kappa shape index (κ3) is 5.26. The molecule has 9 nitrogen and oxygen atoms in total. The Morgan fingerprint density at radius 2 is 1.67 bits per heavy atom. The summed E-state index contributed by atoms with van der Waals surface area (Å²) in [6, 6.07) is 12.7. The highest BCUT2D eigenvalue weighted by atomic mass is 16.4. The molecule has 3 N–H and O–H groups in total. The molecule has 0 spiro atoms. The fourth-order valence-electron chi connectivity index (χ4n) is 5.92. The number of anilines is 2. The topological polar surface area (TPSA) is 101 Å². The van der Waals surface area contributed by atoms with Crippen LogP contribution in [0, 0.1) is 0 Å². The smallest absolute Gasteiger partial charge is 0.404 e. The number of nitrogens with zero attached hydrogens (tertiary/aromatic N) is 4. The van der Waals surface area contributed by atoms with Gasteiger partial charge < -0.3 is 30.4 Å². The van der Waals surface area contributed by atoms with Crippen molar-refractivity contribution < 1.29 is 14.7 Å². The van der Waals surface area contributed by atoms with Gasteiger partial charge in [-0.05, 0) is 69.5 Å². The summed E-state index contributed by atoms with van der Waals surface area (Å²) in [5.74, 6) is 0.720. The van der Waals surface area contributed by atoms with Gasteiger partial charge in [-0.25, -0.2) is 9.78 Å². The maximum atomic E-state index is 12.9. The van der Waals surface area contributed by atoms with Gasteiger partial charge in [0.15, 0.2) is 0 Å². The van der Waals surface area contributed by atoms with Gasteiger partial charge in [0.2, 0.25) is 0 Å². The SMILES string of the molecule is C[C@H](NC(=O)c1ccc(N2C3CCC2CC(NC(=O)O)C3)nc1)c1ccc(N2CCN(C)CC2)cc1. The third-order valence-corrected chi connectivity index (χ3v) is 7.94. The van der Waals surface area contributed by atoms with Gasteiger partial charge in [0.25, 0.3) is 5.91 Å². The Morgan fingerprint density at radius 1 is 1.00 bits per heavy atom. The van der Waals surface area contributed by atoms with E-state index in [4.69, 9.17) is 5.11 Å². The standard InChI is InChI=1S/C27H36N6O3/c1-18(19-3-6-22(7-4-19)32-13-11-31(2)12-14-32)29-26(34)20-5-10-25(28-17-20)33-23-8-9-24(33)16-21(15-23)30-27(35)36/h3-7,10,17-18,21,23-24,30H,8-9,11-16H2,1-2H3,(H,29,34)(H,35,36)/t18-,21?,23?,24?/m0/s1. The molecular weight excluding hydrogens is 456 g/mol. The van der Waals surface area contributed by atoms with Crippen molar-refractivity contribution in [1.82, 2.24) is 20.5 Å². The Kier molecular flexibility index (Phi) is 7.00. The molecule has 1 aromatic heterocycles. The fourth-order valence-corrected chi connectivity index (χ4v) is 5.92. The number of likely N-dealkylation sites (N-methyl/N-ethyl adjacent to an activating group) is 1. The lowest BCUT2D eigenvalue weighted by Gasteiger charge is -2.39. The monoisotopic (exact) mass is 492 g/mol. The second-order valence-electron chi connectivity index (χ2n) is 10.4. The summed E-state index contributed by atoms with van der Waals surface area (Å²) in [5.41, 5.74) is 2.83. The van der Waals surface area contributed by atoms with Gasteiger partial charge in [0.1, 0.15) is 5.82 Å². The molecule has 4 heterocycles. The van der Waals surface area contributed by atoms with Crippen molar-refractivity contribution in [1.29, 1.82) is 0 Å². The van der Waals surface area contributed by atoms with E-state index in [1.165, 1.54) is 5.69 Å². The molecular formula is C27H36N6O3. The zero-order valence-corrected chi connectivity index (χ0v) is 21.1. The van der Waals surface area contributed by atoms with Crippen molar-refractivity contribution in [3.05, 3.63) is 53.7 Å². The van der Waals surface area contributed by atoms with Crippen LogP contribution >= 0.6 is 0 Å². The van der Waals surface area contributed by atoms with Gasteiger partial charge in [0, 0.05) is 56.2 Å². The van der Waals surface area contributed by atoms with E-state index in [1.54, 1.807) is 6.20 Å². The summed E-state index contributed by atoms with van der Waals surface area (Å²) in [7, 11) is 2.15. The van der Waals surface area contributed by atoms with Gasteiger partial charge in [-0.15, -0.1) is 0 Å². The van der Waals surface area contributed by atoms with Crippen LogP contribution in [0.15, 0.2) is 42.6 Å². The molecule has 0 radical (unpaired) electrons. The molecule has 3 aliphatic heterocycles. The number of amides is 2. The molecule has 0 saturated carbocycles. The molecule has 3 atom stereocenters. The largest absolute Gasteiger partial charge is 0.465 e.